The maximum atomic E-state index is 6.14. The Kier molecular flexibility index (Phi) is 5.34. The third-order valence-corrected chi connectivity index (χ3v) is 4.60. The fourth-order valence-electron chi connectivity index (χ4n) is 2.83. The lowest BCUT2D eigenvalue weighted by Gasteiger charge is -2.31. The lowest BCUT2D eigenvalue weighted by Crippen LogP contribution is -2.33. The van der Waals surface area contributed by atoms with E-state index in [4.69, 9.17) is 33.7 Å². The van der Waals surface area contributed by atoms with Crippen LogP contribution >= 0.6 is 23.2 Å². The Balaban J connectivity index is 2.33. The highest BCUT2D eigenvalue weighted by Gasteiger charge is 2.27. The molecule has 3 nitrogen and oxygen atoms in total. The Morgan fingerprint density at radius 3 is 2.53 bits per heavy atom. The first-order valence-corrected chi connectivity index (χ1v) is 7.36. The molecule has 0 aliphatic carbocycles. The predicted octanol–water partition coefficient (Wildman–Crippen LogP) is 3.04. The fraction of sp³-hybridized carbons (Fsp3) is 0.571. The Morgan fingerprint density at radius 2 is 1.95 bits per heavy atom. The zero-order valence-electron chi connectivity index (χ0n) is 11.1. The molecule has 0 aromatic heterocycles. The highest BCUT2D eigenvalue weighted by atomic mass is 35.5. The maximum absolute atomic E-state index is 6.14. The number of piperidine rings is 1. The molecule has 19 heavy (non-hydrogen) atoms. The quantitative estimate of drug-likeness (QED) is 0.899. The van der Waals surface area contributed by atoms with Gasteiger partial charge < -0.3 is 15.8 Å². The molecule has 2 rings (SSSR count). The molecule has 1 unspecified atom stereocenters. The van der Waals surface area contributed by atoms with Crippen molar-refractivity contribution in [2.24, 2.45) is 11.7 Å². The molecule has 1 aliphatic heterocycles. The van der Waals surface area contributed by atoms with Crippen LogP contribution in [0.4, 0.5) is 0 Å². The number of ether oxygens (including phenoxy) is 1. The number of benzene rings is 1. The van der Waals surface area contributed by atoms with Crippen molar-refractivity contribution in [3.05, 3.63) is 27.7 Å². The molecular formula is C14H20Cl2N2O. The van der Waals surface area contributed by atoms with Crippen molar-refractivity contribution in [1.82, 2.24) is 5.32 Å². The van der Waals surface area contributed by atoms with Gasteiger partial charge in [0.15, 0.2) is 0 Å². The van der Waals surface area contributed by atoms with E-state index in [1.165, 1.54) is 0 Å². The normalized spacial score (nSPS) is 18.3. The van der Waals surface area contributed by atoms with Crippen molar-refractivity contribution in [3.8, 4) is 5.75 Å². The van der Waals surface area contributed by atoms with Gasteiger partial charge in [-0.15, -0.1) is 0 Å². The van der Waals surface area contributed by atoms with Gasteiger partial charge in [-0.25, -0.2) is 0 Å². The van der Waals surface area contributed by atoms with Gasteiger partial charge in [0.1, 0.15) is 5.75 Å². The van der Waals surface area contributed by atoms with Gasteiger partial charge in [-0.3, -0.25) is 0 Å². The largest absolute Gasteiger partial charge is 0.496 e. The monoisotopic (exact) mass is 302 g/mol. The van der Waals surface area contributed by atoms with Crippen molar-refractivity contribution in [1.29, 1.82) is 0 Å². The van der Waals surface area contributed by atoms with Gasteiger partial charge in [0.25, 0.3) is 0 Å². The minimum Gasteiger partial charge on any atom is -0.496 e. The summed E-state index contributed by atoms with van der Waals surface area (Å²) in [4.78, 5) is 0. The average Bonchev–Trinajstić information content (AvgIpc) is 2.44. The summed E-state index contributed by atoms with van der Waals surface area (Å²) in [5.74, 6) is 1.62. The van der Waals surface area contributed by atoms with Gasteiger partial charge in [-0.05, 0) is 44.5 Å². The lowest BCUT2D eigenvalue weighted by molar-refractivity contribution is 0.312. The Labute approximate surface area is 124 Å². The third kappa shape index (κ3) is 3.34. The maximum Gasteiger partial charge on any atom is 0.123 e. The van der Waals surface area contributed by atoms with Crippen LogP contribution in [-0.4, -0.2) is 26.7 Å². The van der Waals surface area contributed by atoms with E-state index in [0.29, 0.717) is 22.5 Å². The smallest absolute Gasteiger partial charge is 0.123 e. The SMILES string of the molecule is COc1cc(Cl)c(Cl)cc1C(CN)C1CCNCC1. The minimum absolute atomic E-state index is 0.270. The summed E-state index contributed by atoms with van der Waals surface area (Å²) in [5, 5.41) is 4.45. The summed E-state index contributed by atoms with van der Waals surface area (Å²) in [6.45, 7) is 2.69. The molecule has 5 heteroatoms. The van der Waals surface area contributed by atoms with E-state index in [1.54, 1.807) is 13.2 Å². The van der Waals surface area contributed by atoms with Crippen molar-refractivity contribution in [2.75, 3.05) is 26.7 Å². The molecule has 1 aliphatic rings. The molecule has 106 valence electrons. The molecule has 1 atom stereocenters. The van der Waals surface area contributed by atoms with Crippen molar-refractivity contribution < 1.29 is 4.74 Å². The van der Waals surface area contributed by atoms with E-state index >= 15 is 0 Å². The molecule has 1 heterocycles. The van der Waals surface area contributed by atoms with Gasteiger partial charge in [-0.1, -0.05) is 23.2 Å². The first-order valence-electron chi connectivity index (χ1n) is 6.61. The van der Waals surface area contributed by atoms with Gasteiger partial charge in [0.05, 0.1) is 17.2 Å². The molecule has 1 fully saturated rings. The summed E-state index contributed by atoms with van der Waals surface area (Å²) in [6.07, 6.45) is 2.26. The van der Waals surface area contributed by atoms with Gasteiger partial charge in [0, 0.05) is 17.5 Å². The molecule has 0 amide bonds. The first-order chi connectivity index (χ1) is 9.17. The van der Waals surface area contributed by atoms with E-state index in [0.717, 1.165) is 37.2 Å². The molecular weight excluding hydrogens is 283 g/mol. The van der Waals surface area contributed by atoms with Crippen molar-refractivity contribution in [3.63, 3.8) is 0 Å². The number of hydrogen-bond donors (Lipinski definition) is 2. The van der Waals surface area contributed by atoms with Crippen molar-refractivity contribution >= 4 is 23.2 Å². The van der Waals surface area contributed by atoms with Gasteiger partial charge >= 0.3 is 0 Å². The molecule has 0 saturated carbocycles. The number of hydrogen-bond acceptors (Lipinski definition) is 3. The number of rotatable bonds is 4. The summed E-state index contributed by atoms with van der Waals surface area (Å²) in [5.41, 5.74) is 7.07. The van der Waals surface area contributed by atoms with E-state index in [1.807, 2.05) is 6.07 Å². The number of nitrogens with one attached hydrogen (secondary N) is 1. The van der Waals surface area contributed by atoms with Crippen LogP contribution in [-0.2, 0) is 0 Å². The van der Waals surface area contributed by atoms with Gasteiger partial charge in [0.2, 0.25) is 0 Å². The molecule has 0 spiro atoms. The first kappa shape index (κ1) is 14.9. The minimum atomic E-state index is 0.270. The highest BCUT2D eigenvalue weighted by molar-refractivity contribution is 6.42. The van der Waals surface area contributed by atoms with E-state index in [2.05, 4.69) is 5.32 Å². The van der Waals surface area contributed by atoms with Crippen LogP contribution in [0, 0.1) is 5.92 Å². The fourth-order valence-corrected chi connectivity index (χ4v) is 3.16. The summed E-state index contributed by atoms with van der Waals surface area (Å²) in [6, 6.07) is 3.69. The van der Waals surface area contributed by atoms with Crippen LogP contribution in [0.2, 0.25) is 10.0 Å². The Bertz CT molecular complexity index is 434. The lowest BCUT2D eigenvalue weighted by atomic mass is 9.80. The van der Waals surface area contributed by atoms with Crippen LogP contribution in [0.5, 0.6) is 5.75 Å². The van der Waals surface area contributed by atoms with Crippen LogP contribution < -0.4 is 15.8 Å². The summed E-state index contributed by atoms with van der Waals surface area (Å²) in [7, 11) is 1.65. The van der Waals surface area contributed by atoms with Crippen LogP contribution in [0.3, 0.4) is 0 Å². The standard InChI is InChI=1S/C14H20Cl2N2O/c1-19-14-7-13(16)12(15)6-10(14)11(8-17)9-2-4-18-5-3-9/h6-7,9,11,18H,2-5,8,17H2,1H3. The van der Waals surface area contributed by atoms with E-state index in [-0.39, 0.29) is 5.92 Å². The second-order valence-corrected chi connectivity index (χ2v) is 5.75. The number of halogens is 2. The summed E-state index contributed by atoms with van der Waals surface area (Å²) >= 11 is 12.2. The highest BCUT2D eigenvalue weighted by Crippen LogP contribution is 2.39. The van der Waals surface area contributed by atoms with Crippen LogP contribution in [0.15, 0.2) is 12.1 Å². The van der Waals surface area contributed by atoms with Crippen molar-refractivity contribution in [2.45, 2.75) is 18.8 Å². The second kappa shape index (κ2) is 6.80. The molecule has 0 bridgehead atoms. The van der Waals surface area contributed by atoms with Crippen LogP contribution in [0.25, 0.3) is 0 Å². The third-order valence-electron chi connectivity index (χ3n) is 3.88. The van der Waals surface area contributed by atoms with E-state index in [9.17, 15) is 0 Å². The zero-order valence-corrected chi connectivity index (χ0v) is 12.6. The number of nitrogens with two attached hydrogens (primary N) is 1. The molecule has 3 N–H and O–H groups in total. The molecule has 1 aromatic carbocycles. The Morgan fingerprint density at radius 1 is 1.32 bits per heavy atom. The summed E-state index contributed by atoms with van der Waals surface area (Å²) < 4.78 is 5.44. The molecule has 0 radical (unpaired) electrons. The van der Waals surface area contributed by atoms with E-state index < -0.39 is 0 Å². The number of methoxy groups -OCH3 is 1. The second-order valence-electron chi connectivity index (χ2n) is 4.94. The van der Waals surface area contributed by atoms with Crippen LogP contribution in [0.1, 0.15) is 24.3 Å². The molecule has 1 aromatic rings. The average molecular weight is 303 g/mol. The topological polar surface area (TPSA) is 47.3 Å². The zero-order chi connectivity index (χ0) is 13.8. The Hall–Kier alpha value is -0.480. The molecule has 1 saturated heterocycles. The predicted molar refractivity (Wildman–Crippen MR) is 80.4 cm³/mol. The van der Waals surface area contributed by atoms with Gasteiger partial charge in [-0.2, -0.15) is 0 Å².